The van der Waals surface area contributed by atoms with E-state index in [-0.39, 0.29) is 0 Å². The highest BCUT2D eigenvalue weighted by Gasteiger charge is 2.20. The molecule has 0 atom stereocenters. The molecule has 0 saturated carbocycles. The Morgan fingerprint density at radius 3 is 2.88 bits per heavy atom. The predicted molar refractivity (Wildman–Crippen MR) is 73.8 cm³/mol. The standard InChI is InChI=1S/C12H16BrClN2O/c13-11-9-15-5-1-12(11)16-6-2-10(3-7-16)17-8-4-14/h1,5,9-10H,2-4,6-8H2. The van der Waals surface area contributed by atoms with E-state index in [0.29, 0.717) is 18.6 Å². The number of nitrogens with zero attached hydrogens (tertiary/aromatic N) is 2. The first kappa shape index (κ1) is 13.1. The third kappa shape index (κ3) is 3.57. The van der Waals surface area contributed by atoms with Crippen molar-refractivity contribution >= 4 is 33.2 Å². The van der Waals surface area contributed by atoms with E-state index in [0.717, 1.165) is 30.4 Å². The van der Waals surface area contributed by atoms with Crippen molar-refractivity contribution in [1.82, 2.24) is 4.98 Å². The molecule has 17 heavy (non-hydrogen) atoms. The highest BCUT2D eigenvalue weighted by molar-refractivity contribution is 9.10. The Morgan fingerprint density at radius 1 is 1.47 bits per heavy atom. The van der Waals surface area contributed by atoms with Gasteiger partial charge in [0.15, 0.2) is 0 Å². The molecule has 2 rings (SSSR count). The summed E-state index contributed by atoms with van der Waals surface area (Å²) in [6.45, 7) is 2.70. The molecule has 0 N–H and O–H groups in total. The van der Waals surface area contributed by atoms with Gasteiger partial charge in [0.05, 0.1) is 22.9 Å². The van der Waals surface area contributed by atoms with Gasteiger partial charge in [-0.25, -0.2) is 0 Å². The van der Waals surface area contributed by atoms with Gasteiger partial charge < -0.3 is 9.64 Å². The number of hydrogen-bond donors (Lipinski definition) is 0. The van der Waals surface area contributed by atoms with E-state index in [9.17, 15) is 0 Å². The summed E-state index contributed by atoms with van der Waals surface area (Å²) in [6.07, 6.45) is 6.16. The van der Waals surface area contributed by atoms with Crippen LogP contribution in [0.3, 0.4) is 0 Å². The Bertz CT molecular complexity index is 356. The number of rotatable bonds is 4. The van der Waals surface area contributed by atoms with Crippen molar-refractivity contribution in [3.8, 4) is 0 Å². The summed E-state index contributed by atoms with van der Waals surface area (Å²) in [4.78, 5) is 6.45. The van der Waals surface area contributed by atoms with Gasteiger partial charge in [0, 0.05) is 31.4 Å². The number of hydrogen-bond acceptors (Lipinski definition) is 3. The molecule has 94 valence electrons. The molecule has 1 saturated heterocycles. The smallest absolute Gasteiger partial charge is 0.0609 e. The molecule has 0 radical (unpaired) electrons. The molecule has 1 fully saturated rings. The zero-order valence-corrected chi connectivity index (χ0v) is 12.0. The fraction of sp³-hybridized carbons (Fsp3) is 0.583. The maximum absolute atomic E-state index is 5.66. The third-order valence-corrected chi connectivity index (χ3v) is 3.73. The van der Waals surface area contributed by atoms with Crippen LogP contribution in [0.1, 0.15) is 12.8 Å². The monoisotopic (exact) mass is 318 g/mol. The van der Waals surface area contributed by atoms with E-state index >= 15 is 0 Å². The van der Waals surface area contributed by atoms with Gasteiger partial charge in [-0.05, 0) is 34.8 Å². The van der Waals surface area contributed by atoms with Crippen LogP contribution in [0, 0.1) is 0 Å². The van der Waals surface area contributed by atoms with Gasteiger partial charge in [-0.2, -0.15) is 0 Å². The van der Waals surface area contributed by atoms with Crippen LogP contribution in [0.5, 0.6) is 0 Å². The first-order chi connectivity index (χ1) is 8.31. The van der Waals surface area contributed by atoms with E-state index in [1.165, 1.54) is 5.69 Å². The molecule has 0 spiro atoms. The van der Waals surface area contributed by atoms with Crippen molar-refractivity contribution in [3.63, 3.8) is 0 Å². The molecular weight excluding hydrogens is 304 g/mol. The third-order valence-electron chi connectivity index (χ3n) is 2.96. The molecule has 0 aromatic carbocycles. The largest absolute Gasteiger partial charge is 0.377 e. The molecule has 3 nitrogen and oxygen atoms in total. The average Bonchev–Trinajstić information content (AvgIpc) is 2.38. The maximum Gasteiger partial charge on any atom is 0.0609 e. The van der Waals surface area contributed by atoms with E-state index < -0.39 is 0 Å². The van der Waals surface area contributed by atoms with Crippen molar-refractivity contribution in [2.75, 3.05) is 30.5 Å². The SMILES string of the molecule is ClCCOC1CCN(c2ccncc2Br)CC1. The van der Waals surface area contributed by atoms with E-state index in [4.69, 9.17) is 16.3 Å². The van der Waals surface area contributed by atoms with Gasteiger partial charge in [0.2, 0.25) is 0 Å². The Labute approximate surface area is 115 Å². The minimum atomic E-state index is 0.366. The Morgan fingerprint density at radius 2 is 2.24 bits per heavy atom. The number of pyridine rings is 1. The van der Waals surface area contributed by atoms with Crippen molar-refractivity contribution in [2.24, 2.45) is 0 Å². The Hall–Kier alpha value is -0.320. The second-order valence-corrected chi connectivity index (χ2v) is 5.31. The van der Waals surface area contributed by atoms with Gasteiger partial charge in [-0.3, -0.25) is 4.98 Å². The normalized spacial score (nSPS) is 17.4. The van der Waals surface area contributed by atoms with E-state index in [1.807, 2.05) is 18.5 Å². The van der Waals surface area contributed by atoms with Gasteiger partial charge in [0.25, 0.3) is 0 Å². The van der Waals surface area contributed by atoms with Crippen molar-refractivity contribution in [3.05, 3.63) is 22.9 Å². The van der Waals surface area contributed by atoms with Crippen LogP contribution in [0.4, 0.5) is 5.69 Å². The van der Waals surface area contributed by atoms with E-state index in [2.05, 4.69) is 25.8 Å². The molecule has 1 aliphatic heterocycles. The number of alkyl halides is 1. The topological polar surface area (TPSA) is 25.4 Å². The van der Waals surface area contributed by atoms with Crippen molar-refractivity contribution in [1.29, 1.82) is 0 Å². The second-order valence-electron chi connectivity index (χ2n) is 4.07. The molecule has 0 bridgehead atoms. The average molecular weight is 320 g/mol. The number of anilines is 1. The zero-order chi connectivity index (χ0) is 12.1. The first-order valence-electron chi connectivity index (χ1n) is 5.83. The molecule has 1 aromatic rings. The van der Waals surface area contributed by atoms with Gasteiger partial charge in [-0.15, -0.1) is 11.6 Å². The van der Waals surface area contributed by atoms with Crippen molar-refractivity contribution in [2.45, 2.75) is 18.9 Å². The summed E-state index contributed by atoms with van der Waals surface area (Å²) in [5.74, 6) is 0.579. The van der Waals surface area contributed by atoms with Crippen molar-refractivity contribution < 1.29 is 4.74 Å². The maximum atomic E-state index is 5.66. The van der Waals surface area contributed by atoms with Crippen LogP contribution < -0.4 is 4.90 Å². The second kappa shape index (κ2) is 6.57. The molecule has 0 amide bonds. The fourth-order valence-corrected chi connectivity index (χ4v) is 2.69. The molecule has 1 aromatic heterocycles. The lowest BCUT2D eigenvalue weighted by Gasteiger charge is -2.33. The van der Waals surface area contributed by atoms with Crippen LogP contribution in [-0.2, 0) is 4.74 Å². The molecule has 2 heterocycles. The fourth-order valence-electron chi connectivity index (χ4n) is 2.10. The number of aromatic nitrogens is 1. The highest BCUT2D eigenvalue weighted by atomic mass is 79.9. The van der Waals surface area contributed by atoms with Crippen LogP contribution >= 0.6 is 27.5 Å². The van der Waals surface area contributed by atoms with Crippen LogP contribution in [0.15, 0.2) is 22.9 Å². The highest BCUT2D eigenvalue weighted by Crippen LogP contribution is 2.27. The van der Waals surface area contributed by atoms with Gasteiger partial charge in [-0.1, -0.05) is 0 Å². The Balaban J connectivity index is 1.89. The summed E-state index contributed by atoms with van der Waals surface area (Å²) < 4.78 is 6.72. The summed E-state index contributed by atoms with van der Waals surface area (Å²) in [5, 5.41) is 0. The minimum absolute atomic E-state index is 0.366. The Kier molecular flexibility index (Phi) is 5.07. The summed E-state index contributed by atoms with van der Waals surface area (Å²) in [5.41, 5.74) is 1.22. The molecule has 1 aliphatic rings. The lowest BCUT2D eigenvalue weighted by molar-refractivity contribution is 0.0471. The predicted octanol–water partition coefficient (Wildman–Crippen LogP) is 3.07. The molecule has 0 aliphatic carbocycles. The number of ether oxygens (including phenoxy) is 1. The summed E-state index contributed by atoms with van der Waals surface area (Å²) >= 11 is 9.15. The minimum Gasteiger partial charge on any atom is -0.377 e. The number of piperidine rings is 1. The lowest BCUT2D eigenvalue weighted by Crippen LogP contribution is -2.37. The first-order valence-corrected chi connectivity index (χ1v) is 7.16. The summed E-state index contributed by atoms with van der Waals surface area (Å²) in [6, 6.07) is 2.05. The van der Waals surface area contributed by atoms with Gasteiger partial charge >= 0.3 is 0 Å². The van der Waals surface area contributed by atoms with Crippen LogP contribution in [0.2, 0.25) is 0 Å². The van der Waals surface area contributed by atoms with Crippen LogP contribution in [0.25, 0.3) is 0 Å². The van der Waals surface area contributed by atoms with Gasteiger partial charge in [0.1, 0.15) is 0 Å². The quantitative estimate of drug-likeness (QED) is 0.798. The molecule has 0 unspecified atom stereocenters. The lowest BCUT2D eigenvalue weighted by atomic mass is 10.1. The summed E-state index contributed by atoms with van der Waals surface area (Å²) in [7, 11) is 0. The number of halogens is 2. The molecule has 5 heteroatoms. The van der Waals surface area contributed by atoms with Crippen LogP contribution in [-0.4, -0.2) is 36.7 Å². The zero-order valence-electron chi connectivity index (χ0n) is 9.61. The van der Waals surface area contributed by atoms with E-state index in [1.54, 1.807) is 0 Å². The molecular formula is C12H16BrClN2O.